The lowest BCUT2D eigenvalue weighted by Gasteiger charge is -2.39. The van der Waals surface area contributed by atoms with Crippen LogP contribution in [0.4, 0.5) is 26.7 Å². The van der Waals surface area contributed by atoms with Crippen LogP contribution in [-0.4, -0.2) is 164 Å². The van der Waals surface area contributed by atoms with Crippen molar-refractivity contribution in [2.75, 3.05) is 70.4 Å². The molecule has 3 aromatic carbocycles. The molecule has 0 aromatic heterocycles. The monoisotopic (exact) mass is 1200 g/mol. The van der Waals surface area contributed by atoms with Gasteiger partial charge in [-0.3, -0.25) is 43.5 Å². The van der Waals surface area contributed by atoms with Crippen LogP contribution in [0.2, 0.25) is 0 Å². The number of nitrogens with one attached hydrogen (secondary N) is 4. The predicted molar refractivity (Wildman–Crippen MR) is 318 cm³/mol. The first-order valence-corrected chi connectivity index (χ1v) is 29.3. The van der Waals surface area contributed by atoms with Crippen molar-refractivity contribution in [3.63, 3.8) is 0 Å². The summed E-state index contributed by atoms with van der Waals surface area (Å²) in [6, 6.07) is 9.81. The predicted octanol–water partition coefficient (Wildman–Crippen LogP) is 5.32. The molecule has 1 aliphatic carbocycles. The smallest absolute Gasteiger partial charge is 0.416 e. The summed E-state index contributed by atoms with van der Waals surface area (Å²) in [6.45, 7) is 9.63. The summed E-state index contributed by atoms with van der Waals surface area (Å²) in [5.74, 6) is -1.66. The number of carbonyl (C=O) groups is 9. The third-order valence-electron chi connectivity index (χ3n) is 16.4. The fraction of sp³-hybridized carbons (Fsp3) is 0.452. The third kappa shape index (κ3) is 14.2. The van der Waals surface area contributed by atoms with Gasteiger partial charge in [-0.05, 0) is 107 Å². The van der Waals surface area contributed by atoms with Gasteiger partial charge in [0.1, 0.15) is 18.1 Å². The lowest BCUT2D eigenvalue weighted by molar-refractivity contribution is -0.151. The van der Waals surface area contributed by atoms with E-state index in [2.05, 4.69) is 39.4 Å². The number of hydrogen-bond acceptors (Lipinski definition) is 16. The molecule has 1 saturated carbocycles. The Morgan fingerprint density at radius 3 is 2.05 bits per heavy atom. The van der Waals surface area contributed by atoms with Gasteiger partial charge < -0.3 is 65.6 Å². The maximum absolute atomic E-state index is 14.3. The SMILES string of the molecule is C=C1CC2[C@H](O)N(C(=O)OCc3ccc(NC(=O)[C@H](CCCNC(N)=O)NC(=O)C4(C(=O)NCCCCCN5C(=O)C=CC5=O)CCC4)cc3)c3cc(OCCCCCOc4cc5c(cc4OC)C(=O)N4CC(=C)C[C@H]4C=N5)c(OC)cc3C(=O)N2C1. The average Bonchev–Trinajstić information content (AvgIpc) is 1.82. The van der Waals surface area contributed by atoms with Crippen LogP contribution in [0.5, 0.6) is 23.0 Å². The molecule has 5 aliphatic heterocycles. The number of methoxy groups -OCH3 is 2. The van der Waals surface area contributed by atoms with E-state index in [-0.39, 0.29) is 118 Å². The van der Waals surface area contributed by atoms with Gasteiger partial charge in [-0.1, -0.05) is 42.9 Å². The fourth-order valence-corrected chi connectivity index (χ4v) is 11.4. The molecule has 10 amide bonds. The van der Waals surface area contributed by atoms with Gasteiger partial charge in [0.2, 0.25) is 17.7 Å². The standard InChI is InChI=1S/C62H74N10O15/c1-37-27-41-33-66-45-31-50(48(83-3)29-42(45)55(76)70(41)34-37)85-25-9-6-10-26-86-51-32-46-43(30-49(51)84-4)56(77)71-35-38(2)28-47(71)57(78)72(46)61(82)87-36-39-14-16-40(17-15-39)67-54(75)44(13-11-23-65-60(63)81)68-59(80)62(20-12-21-62)58(79)64-22-7-5-8-24-69-52(73)18-19-53(69)74/h14-19,29-33,41,44,47,57,78H,1-2,5-13,20-28,34-36H2,3-4H3,(H,64,79)(H,67,75)(H,68,80)(H3,63,65,81)/t41-,44-,47?,57-/m0/s1. The molecule has 9 rings (SSSR count). The number of hydrogen-bond donors (Lipinski definition) is 6. The third-order valence-corrected chi connectivity index (χ3v) is 16.4. The zero-order valence-electron chi connectivity index (χ0n) is 48.9. The van der Waals surface area contributed by atoms with Crippen molar-refractivity contribution in [2.45, 2.75) is 114 Å². The Kier molecular flexibility index (Phi) is 19.9. The number of nitrogens with zero attached hydrogens (tertiary/aromatic N) is 5. The van der Waals surface area contributed by atoms with E-state index in [1.54, 1.807) is 47.5 Å². The van der Waals surface area contributed by atoms with Gasteiger partial charge in [0, 0.05) is 68.9 Å². The number of aliphatic imine (C=N–C) groups is 1. The zero-order valence-corrected chi connectivity index (χ0v) is 48.9. The van der Waals surface area contributed by atoms with Crippen molar-refractivity contribution in [1.82, 2.24) is 30.7 Å². The van der Waals surface area contributed by atoms with Crippen molar-refractivity contribution in [3.8, 4) is 23.0 Å². The average molecular weight is 1200 g/mol. The minimum atomic E-state index is -1.56. The van der Waals surface area contributed by atoms with Gasteiger partial charge in [-0.2, -0.15) is 0 Å². The Bertz CT molecular complexity index is 3250. The molecule has 7 N–H and O–H groups in total. The first-order chi connectivity index (χ1) is 41.9. The van der Waals surface area contributed by atoms with Gasteiger partial charge in [-0.15, -0.1) is 0 Å². The Labute approximate surface area is 503 Å². The Morgan fingerprint density at radius 2 is 1.38 bits per heavy atom. The number of fused-ring (bicyclic) bond motifs is 4. The summed E-state index contributed by atoms with van der Waals surface area (Å²) in [4.78, 5) is 128. The molecule has 0 radical (unpaired) electrons. The van der Waals surface area contributed by atoms with E-state index in [9.17, 15) is 48.3 Å². The van der Waals surface area contributed by atoms with E-state index >= 15 is 0 Å². The number of anilines is 2. The number of urea groups is 1. The molecule has 0 spiro atoms. The molecule has 3 aromatic rings. The number of ether oxygens (including phenoxy) is 5. The highest BCUT2D eigenvalue weighted by Crippen LogP contribution is 2.44. The lowest BCUT2D eigenvalue weighted by atomic mass is 9.67. The molecule has 3 fully saturated rings. The van der Waals surface area contributed by atoms with Gasteiger partial charge in [0.05, 0.1) is 62.0 Å². The minimum Gasteiger partial charge on any atom is -0.493 e. The molecule has 25 heteroatoms. The van der Waals surface area contributed by atoms with E-state index < -0.39 is 59.5 Å². The van der Waals surface area contributed by atoms with Crippen molar-refractivity contribution in [2.24, 2.45) is 16.1 Å². The Hall–Kier alpha value is -9.26. The minimum absolute atomic E-state index is 0.0418. The molecule has 462 valence electrons. The number of benzene rings is 3. The highest BCUT2D eigenvalue weighted by molar-refractivity contribution is 6.13. The second-order valence-electron chi connectivity index (χ2n) is 22.4. The van der Waals surface area contributed by atoms with Crippen molar-refractivity contribution < 1.29 is 71.9 Å². The highest BCUT2D eigenvalue weighted by atomic mass is 16.6. The zero-order chi connectivity index (χ0) is 61.9. The molecule has 4 atom stereocenters. The molecular formula is C62H74N10O15. The van der Waals surface area contributed by atoms with Crippen molar-refractivity contribution in [1.29, 1.82) is 0 Å². The Balaban J connectivity index is 0.796. The van der Waals surface area contributed by atoms with Crippen LogP contribution in [0.25, 0.3) is 0 Å². The second kappa shape index (κ2) is 27.8. The number of amides is 10. The maximum atomic E-state index is 14.3. The summed E-state index contributed by atoms with van der Waals surface area (Å²) in [5.41, 5.74) is 7.38. The Morgan fingerprint density at radius 1 is 0.747 bits per heavy atom. The van der Waals surface area contributed by atoms with Gasteiger partial charge in [-0.25, -0.2) is 14.5 Å². The van der Waals surface area contributed by atoms with Crippen LogP contribution < -0.4 is 50.8 Å². The van der Waals surface area contributed by atoms with Crippen LogP contribution in [0.15, 0.2) is 90.0 Å². The molecule has 2 saturated heterocycles. The summed E-state index contributed by atoms with van der Waals surface area (Å²) in [5, 5.41) is 22.9. The van der Waals surface area contributed by atoms with Crippen LogP contribution in [-0.2, 0) is 35.3 Å². The summed E-state index contributed by atoms with van der Waals surface area (Å²) < 4.78 is 29.5. The first-order valence-electron chi connectivity index (χ1n) is 29.3. The molecule has 1 unspecified atom stereocenters. The van der Waals surface area contributed by atoms with Gasteiger partial charge >= 0.3 is 12.1 Å². The first kappa shape index (κ1) is 62.3. The number of carbonyl (C=O) groups excluding carboxylic acids is 9. The lowest BCUT2D eigenvalue weighted by Crippen LogP contribution is -2.58. The number of aliphatic hydroxyl groups excluding tert-OH is 1. The van der Waals surface area contributed by atoms with Gasteiger partial charge in [0.25, 0.3) is 23.6 Å². The molecule has 0 bridgehead atoms. The van der Waals surface area contributed by atoms with Crippen molar-refractivity contribution in [3.05, 3.63) is 102 Å². The summed E-state index contributed by atoms with van der Waals surface area (Å²) in [7, 11) is 2.94. The van der Waals surface area contributed by atoms with E-state index in [0.29, 0.717) is 104 Å². The molecular weight excluding hydrogens is 1120 g/mol. The normalized spacial score (nSPS) is 19.2. The van der Waals surface area contributed by atoms with Crippen LogP contribution in [0, 0.1) is 5.41 Å². The van der Waals surface area contributed by atoms with E-state index in [4.69, 9.17) is 29.4 Å². The quantitative estimate of drug-likeness (QED) is 0.0244. The number of nitrogens with two attached hydrogens (primary N) is 1. The van der Waals surface area contributed by atoms with Crippen LogP contribution >= 0.6 is 0 Å². The molecule has 5 heterocycles. The second-order valence-corrected chi connectivity index (χ2v) is 22.4. The summed E-state index contributed by atoms with van der Waals surface area (Å²) >= 11 is 0. The van der Waals surface area contributed by atoms with E-state index in [0.717, 1.165) is 15.4 Å². The number of unbranched alkanes of at least 4 members (excludes halogenated alkanes) is 4. The number of primary amides is 1. The number of imide groups is 1. The topological polar surface area (TPSA) is 319 Å². The fourth-order valence-electron chi connectivity index (χ4n) is 11.4. The van der Waals surface area contributed by atoms with E-state index in [1.807, 2.05) is 0 Å². The van der Waals surface area contributed by atoms with Crippen LogP contribution in [0.3, 0.4) is 0 Å². The molecule has 87 heavy (non-hydrogen) atoms. The highest BCUT2D eigenvalue weighted by Gasteiger charge is 2.52. The maximum Gasteiger partial charge on any atom is 0.416 e. The number of aliphatic hydroxyl groups is 1. The largest absolute Gasteiger partial charge is 0.493 e. The van der Waals surface area contributed by atoms with Crippen molar-refractivity contribution >= 4 is 76.8 Å². The summed E-state index contributed by atoms with van der Waals surface area (Å²) in [6.07, 6.45) is 7.71. The number of rotatable bonds is 27. The van der Waals surface area contributed by atoms with Crippen LogP contribution in [0.1, 0.15) is 110 Å². The van der Waals surface area contributed by atoms with E-state index in [1.165, 1.54) is 43.4 Å². The van der Waals surface area contributed by atoms with Gasteiger partial charge in [0.15, 0.2) is 29.2 Å². The molecule has 6 aliphatic rings. The molecule has 25 nitrogen and oxygen atoms in total.